The molecule has 37 heavy (non-hydrogen) atoms. The first-order chi connectivity index (χ1) is 17.2. The predicted molar refractivity (Wildman–Crippen MR) is 145 cm³/mol. The minimum atomic E-state index is -3.67. The predicted octanol–water partition coefficient (Wildman–Crippen LogP) is 3.21. The number of rotatable bonds is 2. The number of imidazole rings is 1. The fourth-order valence-electron chi connectivity index (χ4n) is 4.00. The van der Waals surface area contributed by atoms with Crippen LogP contribution in [0.5, 0.6) is 0 Å². The maximum atomic E-state index is 9.19. The summed E-state index contributed by atoms with van der Waals surface area (Å²) < 4.78 is 54.9. The number of aryl methyl sites for hydroxylation is 1. The van der Waals surface area contributed by atoms with Gasteiger partial charge >= 0.3 is 168 Å². The Morgan fingerprint density at radius 3 is 2.32 bits per heavy atom. The van der Waals surface area contributed by atoms with Crippen LogP contribution in [0, 0.1) is 12.8 Å². The molecule has 0 spiro atoms. The van der Waals surface area contributed by atoms with Crippen LogP contribution in [0.15, 0.2) is 87.4 Å². The molecule has 1 aromatic heterocycles. The Balaban J connectivity index is 0.000000327. The van der Waals surface area contributed by atoms with Gasteiger partial charge in [0.1, 0.15) is 0 Å². The van der Waals surface area contributed by atoms with Gasteiger partial charge in [-0.15, -0.1) is 0 Å². The van der Waals surface area contributed by atoms with Crippen LogP contribution in [0.4, 0.5) is 5.69 Å². The number of allylic oxidation sites excluding steroid dienone is 6. The van der Waals surface area contributed by atoms with E-state index in [1.54, 1.807) is 0 Å². The molecule has 13 heteroatoms. The molecule has 1 aliphatic heterocycles. The number of hydrogen-bond acceptors (Lipinski definition) is 7. The van der Waals surface area contributed by atoms with E-state index in [1.165, 1.54) is 16.8 Å². The summed E-state index contributed by atoms with van der Waals surface area (Å²) in [5.41, 5.74) is 7.24. The molecule has 0 bridgehead atoms. The Bertz CT molecular complexity index is 1490. The third-order valence-electron chi connectivity index (χ3n) is 5.32. The average molecular weight is 607 g/mol. The number of aliphatic imine (C=N–C) groups is 1. The van der Waals surface area contributed by atoms with Crippen LogP contribution in [0.3, 0.4) is 0 Å². The Morgan fingerprint density at radius 2 is 1.70 bits per heavy atom. The molecule has 5 rings (SSSR count). The fourth-order valence-corrected chi connectivity index (χ4v) is 4.56. The molecule has 196 valence electrons. The summed E-state index contributed by atoms with van der Waals surface area (Å²) in [6, 6.07) is 8.54. The Kier molecular flexibility index (Phi) is 9.14. The molecule has 1 aromatic carbocycles. The number of fused-ring (bicyclic) bond motifs is 2. The Morgan fingerprint density at radius 1 is 1.05 bits per heavy atom. The van der Waals surface area contributed by atoms with Crippen molar-refractivity contribution in [1.82, 2.24) is 9.55 Å². The molecule has 1 atom stereocenters. The van der Waals surface area contributed by atoms with Gasteiger partial charge in [0.05, 0.1) is 12.5 Å². The van der Waals surface area contributed by atoms with Gasteiger partial charge in [-0.2, -0.15) is 16.8 Å². The SMILES string of the molecule is CS(=O)(=O)O.CS(=O)(=O)O.Cc1cn(-c2cccc(N3C=NC([As])=C4CCC5C=CC=CC5=C43)c2)cn1. The Labute approximate surface area is 225 Å². The molecular weight excluding hydrogens is 579 g/mol. The molecule has 2 heterocycles. The van der Waals surface area contributed by atoms with Crippen LogP contribution in [-0.2, 0) is 20.2 Å². The van der Waals surface area contributed by atoms with E-state index in [-0.39, 0.29) is 0 Å². The zero-order valence-corrected chi connectivity index (χ0v) is 23.9. The van der Waals surface area contributed by atoms with Crippen molar-refractivity contribution in [3.63, 3.8) is 0 Å². The summed E-state index contributed by atoms with van der Waals surface area (Å²) >= 11 is 2.64. The van der Waals surface area contributed by atoms with E-state index >= 15 is 0 Å². The molecular formula is C24H27AsN4O6S2. The van der Waals surface area contributed by atoms with Gasteiger partial charge in [0.15, 0.2) is 0 Å². The summed E-state index contributed by atoms with van der Waals surface area (Å²) in [5.74, 6) is 0.488. The van der Waals surface area contributed by atoms with Crippen LogP contribution >= 0.6 is 0 Å². The molecule has 2 N–H and O–H groups in total. The van der Waals surface area contributed by atoms with E-state index in [0.717, 1.165) is 34.4 Å². The van der Waals surface area contributed by atoms with Crippen molar-refractivity contribution in [2.75, 3.05) is 17.4 Å². The summed E-state index contributed by atoms with van der Waals surface area (Å²) in [6.45, 7) is 2.01. The van der Waals surface area contributed by atoms with Crippen LogP contribution in [0.25, 0.3) is 5.69 Å². The molecule has 10 nitrogen and oxygen atoms in total. The van der Waals surface area contributed by atoms with Gasteiger partial charge in [0.2, 0.25) is 0 Å². The first-order valence-corrected chi connectivity index (χ1v) is 15.6. The quantitative estimate of drug-likeness (QED) is 0.392. The monoisotopic (exact) mass is 606 g/mol. The zero-order valence-electron chi connectivity index (χ0n) is 20.4. The van der Waals surface area contributed by atoms with Crippen LogP contribution in [0.2, 0.25) is 0 Å². The second-order valence-corrected chi connectivity index (χ2v) is 12.3. The van der Waals surface area contributed by atoms with Crippen molar-refractivity contribution in [2.24, 2.45) is 10.9 Å². The first-order valence-electron chi connectivity index (χ1n) is 11.0. The van der Waals surface area contributed by atoms with Crippen molar-refractivity contribution >= 4 is 49.1 Å². The molecule has 2 aliphatic carbocycles. The van der Waals surface area contributed by atoms with Gasteiger partial charge in [0.25, 0.3) is 20.2 Å². The van der Waals surface area contributed by atoms with Crippen LogP contribution < -0.4 is 4.90 Å². The van der Waals surface area contributed by atoms with E-state index in [1.807, 2.05) is 25.8 Å². The molecule has 0 saturated carbocycles. The number of hydrogen-bond donors (Lipinski definition) is 2. The zero-order chi connectivity index (χ0) is 27.4. The van der Waals surface area contributed by atoms with E-state index in [4.69, 9.17) is 9.11 Å². The summed E-state index contributed by atoms with van der Waals surface area (Å²) in [6.07, 6.45) is 18.4. The van der Waals surface area contributed by atoms with Gasteiger partial charge in [0, 0.05) is 0 Å². The topological polar surface area (TPSA) is 142 Å². The number of anilines is 1. The van der Waals surface area contributed by atoms with E-state index in [0.29, 0.717) is 18.4 Å². The minimum absolute atomic E-state index is 0.488. The summed E-state index contributed by atoms with van der Waals surface area (Å²) in [5, 5.41) is 0. The summed E-state index contributed by atoms with van der Waals surface area (Å²) in [7, 11) is -7.33. The van der Waals surface area contributed by atoms with Crippen molar-refractivity contribution in [3.05, 3.63) is 88.1 Å². The fraction of sp³-hybridized carbons (Fsp3) is 0.250. The molecule has 1 unspecified atom stereocenters. The molecule has 0 saturated heterocycles. The molecule has 2 aromatic rings. The third kappa shape index (κ3) is 8.65. The van der Waals surface area contributed by atoms with Crippen molar-refractivity contribution in [1.29, 1.82) is 0 Å². The van der Waals surface area contributed by atoms with Gasteiger partial charge < -0.3 is 0 Å². The van der Waals surface area contributed by atoms with Gasteiger partial charge in [-0.1, -0.05) is 0 Å². The normalized spacial score (nSPS) is 18.4. The van der Waals surface area contributed by atoms with Crippen molar-refractivity contribution in [3.8, 4) is 5.69 Å². The van der Waals surface area contributed by atoms with Crippen LogP contribution in [-0.4, -0.2) is 71.2 Å². The van der Waals surface area contributed by atoms with E-state index in [2.05, 4.69) is 84.9 Å². The van der Waals surface area contributed by atoms with E-state index in [9.17, 15) is 16.8 Å². The average Bonchev–Trinajstić information content (AvgIpc) is 3.23. The van der Waals surface area contributed by atoms with Crippen molar-refractivity contribution in [2.45, 2.75) is 19.8 Å². The van der Waals surface area contributed by atoms with Gasteiger partial charge in [-0.05, 0) is 0 Å². The number of benzene rings is 1. The third-order valence-corrected chi connectivity index (χ3v) is 6.13. The number of aromatic nitrogens is 2. The standard InChI is InChI=1S/C22H19AsN4.2CH4O3S/c1-15-12-26(13-24-15)17-6-4-7-18(11-17)27-14-25-22(23)20-10-9-16-5-2-3-8-19(16)21(20)27;2*1-5(2,3)4/h2-8,11-14,16H,9-10H2,1H3;2*1H3,(H,2,3,4). The van der Waals surface area contributed by atoms with Gasteiger partial charge in [-0.3, -0.25) is 9.11 Å². The van der Waals surface area contributed by atoms with Gasteiger partial charge in [-0.25, -0.2) is 0 Å². The molecule has 2 radical (unpaired) electrons. The number of nitrogens with zero attached hydrogens (tertiary/aromatic N) is 4. The second kappa shape index (κ2) is 11.7. The first kappa shape index (κ1) is 28.8. The molecule has 3 aliphatic rings. The maximum absolute atomic E-state index is 9.19. The molecule has 0 amide bonds. The van der Waals surface area contributed by atoms with Crippen LogP contribution in [0.1, 0.15) is 18.5 Å². The summed E-state index contributed by atoms with van der Waals surface area (Å²) in [4.78, 5) is 11.3. The van der Waals surface area contributed by atoms with E-state index < -0.39 is 20.2 Å². The second-order valence-electron chi connectivity index (χ2n) is 8.52. The Hall–Kier alpha value is -2.76. The molecule has 0 fully saturated rings. The van der Waals surface area contributed by atoms with Crippen molar-refractivity contribution < 1.29 is 25.9 Å².